The number of carbonyl (C=O) groups is 2. The molecule has 0 saturated heterocycles. The average molecular weight is 330 g/mol. The molecule has 1 fully saturated rings. The molecule has 23 heavy (non-hydrogen) atoms. The molecule has 0 radical (unpaired) electrons. The Labute approximate surface area is 138 Å². The smallest absolute Gasteiger partial charge is 0.251 e. The first-order chi connectivity index (χ1) is 11.0. The van der Waals surface area contributed by atoms with E-state index in [4.69, 9.17) is 0 Å². The molecule has 0 aliphatic heterocycles. The van der Waals surface area contributed by atoms with Gasteiger partial charge in [0, 0.05) is 11.5 Å². The van der Waals surface area contributed by atoms with Crippen LogP contribution in [0.1, 0.15) is 46.6 Å². The fraction of sp³-hybridized carbons (Fsp3) is 0.375. The van der Waals surface area contributed by atoms with Gasteiger partial charge in [0.25, 0.3) is 5.91 Å². The van der Waals surface area contributed by atoms with Gasteiger partial charge in [0.05, 0.1) is 0 Å². The Balaban J connectivity index is 1.57. The maximum Gasteiger partial charge on any atom is 0.251 e. The molecule has 1 aromatic heterocycles. The first-order valence-electron chi connectivity index (χ1n) is 7.54. The van der Waals surface area contributed by atoms with Crippen LogP contribution in [0.4, 0.5) is 5.13 Å². The molecule has 1 aromatic carbocycles. The van der Waals surface area contributed by atoms with E-state index >= 15 is 0 Å². The molecule has 7 heteroatoms. The van der Waals surface area contributed by atoms with Crippen LogP contribution in [0.25, 0.3) is 0 Å². The topological polar surface area (TPSA) is 84.0 Å². The van der Waals surface area contributed by atoms with E-state index in [-0.39, 0.29) is 11.8 Å². The Morgan fingerprint density at radius 1 is 1.30 bits per heavy atom. The fourth-order valence-corrected chi connectivity index (χ4v) is 3.04. The first kappa shape index (κ1) is 15.6. The van der Waals surface area contributed by atoms with E-state index in [1.165, 1.54) is 11.3 Å². The number of carbonyl (C=O) groups excluding carboxylic acids is 2. The van der Waals surface area contributed by atoms with Crippen molar-refractivity contribution in [2.75, 3.05) is 5.32 Å². The summed E-state index contributed by atoms with van der Waals surface area (Å²) in [6, 6.07) is 6.58. The molecule has 1 heterocycles. The van der Waals surface area contributed by atoms with Crippen molar-refractivity contribution in [2.45, 2.75) is 38.6 Å². The second-order valence-electron chi connectivity index (χ2n) is 5.77. The molecule has 2 N–H and O–H groups in total. The zero-order valence-corrected chi connectivity index (χ0v) is 13.8. The molecule has 0 spiro atoms. The molecule has 1 saturated carbocycles. The van der Waals surface area contributed by atoms with E-state index in [0.717, 1.165) is 23.4 Å². The molecule has 1 atom stereocenters. The van der Waals surface area contributed by atoms with E-state index < -0.39 is 6.04 Å². The molecule has 2 aromatic rings. The predicted molar refractivity (Wildman–Crippen MR) is 88.6 cm³/mol. The van der Waals surface area contributed by atoms with Gasteiger partial charge in [-0.15, -0.1) is 10.2 Å². The maximum atomic E-state index is 12.2. The van der Waals surface area contributed by atoms with Crippen molar-refractivity contribution in [1.29, 1.82) is 0 Å². The molecule has 0 bridgehead atoms. The Hall–Kier alpha value is -2.28. The van der Waals surface area contributed by atoms with Gasteiger partial charge in [-0.05, 0) is 38.8 Å². The van der Waals surface area contributed by atoms with Crippen LogP contribution >= 0.6 is 11.3 Å². The summed E-state index contributed by atoms with van der Waals surface area (Å²) in [5.74, 6) is -0.0617. The van der Waals surface area contributed by atoms with Crippen molar-refractivity contribution >= 4 is 28.3 Å². The number of nitrogens with one attached hydrogen (secondary N) is 2. The van der Waals surface area contributed by atoms with E-state index in [2.05, 4.69) is 20.8 Å². The Morgan fingerprint density at radius 2 is 2.09 bits per heavy atom. The van der Waals surface area contributed by atoms with Crippen LogP contribution in [0.2, 0.25) is 0 Å². The normalized spacial score (nSPS) is 15.0. The minimum absolute atomic E-state index is 0.271. The zero-order valence-electron chi connectivity index (χ0n) is 13.0. The fourth-order valence-electron chi connectivity index (χ4n) is 2.13. The number of rotatable bonds is 5. The van der Waals surface area contributed by atoms with Gasteiger partial charge in [-0.25, -0.2) is 0 Å². The lowest BCUT2D eigenvalue weighted by Gasteiger charge is -2.13. The number of hydrogen-bond acceptors (Lipinski definition) is 5. The van der Waals surface area contributed by atoms with Crippen molar-refractivity contribution in [2.24, 2.45) is 0 Å². The lowest BCUT2D eigenvalue weighted by molar-refractivity contribution is -0.117. The highest BCUT2D eigenvalue weighted by Crippen LogP contribution is 2.42. The van der Waals surface area contributed by atoms with E-state index in [1.807, 2.05) is 19.1 Å². The highest BCUT2D eigenvalue weighted by atomic mass is 32.1. The van der Waals surface area contributed by atoms with Crippen LogP contribution in [0.3, 0.4) is 0 Å². The van der Waals surface area contributed by atoms with Crippen molar-refractivity contribution < 1.29 is 9.59 Å². The Bertz CT molecular complexity index is 739. The van der Waals surface area contributed by atoms with Gasteiger partial charge in [0.15, 0.2) is 0 Å². The summed E-state index contributed by atoms with van der Waals surface area (Å²) in [6.45, 7) is 3.56. The molecule has 2 amide bonds. The largest absolute Gasteiger partial charge is 0.341 e. The van der Waals surface area contributed by atoms with Gasteiger partial charge in [-0.1, -0.05) is 29.0 Å². The van der Waals surface area contributed by atoms with Crippen molar-refractivity contribution in [1.82, 2.24) is 15.5 Å². The minimum atomic E-state index is -0.656. The number of benzene rings is 1. The van der Waals surface area contributed by atoms with Crippen LogP contribution in [0, 0.1) is 6.92 Å². The SMILES string of the molecule is Cc1cccc(C(=O)NC(C)C(=O)Nc2nnc(C3CC3)s2)c1. The first-order valence-corrected chi connectivity index (χ1v) is 8.36. The monoisotopic (exact) mass is 330 g/mol. The highest BCUT2D eigenvalue weighted by molar-refractivity contribution is 7.15. The summed E-state index contributed by atoms with van der Waals surface area (Å²) in [6.07, 6.45) is 2.29. The highest BCUT2D eigenvalue weighted by Gasteiger charge is 2.28. The standard InChI is InChI=1S/C16H18N4O2S/c1-9-4-3-5-12(8-9)14(22)17-10(2)13(21)18-16-20-19-15(23-16)11-6-7-11/h3-5,8,10-11H,6-7H2,1-2H3,(H,17,22)(H,18,20,21). The van der Waals surface area contributed by atoms with Crippen LogP contribution in [0.15, 0.2) is 24.3 Å². The number of amides is 2. The summed E-state index contributed by atoms with van der Waals surface area (Å²) < 4.78 is 0. The van der Waals surface area contributed by atoms with Crippen LogP contribution in [0.5, 0.6) is 0 Å². The van der Waals surface area contributed by atoms with E-state index in [1.54, 1.807) is 19.1 Å². The van der Waals surface area contributed by atoms with Crippen molar-refractivity contribution in [3.05, 3.63) is 40.4 Å². The molecule has 6 nitrogen and oxygen atoms in total. The van der Waals surface area contributed by atoms with Crippen LogP contribution < -0.4 is 10.6 Å². The quantitative estimate of drug-likeness (QED) is 0.882. The third kappa shape index (κ3) is 3.92. The summed E-state index contributed by atoms with van der Waals surface area (Å²) in [4.78, 5) is 24.3. The molecule has 1 aliphatic rings. The lowest BCUT2D eigenvalue weighted by Crippen LogP contribution is -2.41. The number of hydrogen-bond donors (Lipinski definition) is 2. The van der Waals surface area contributed by atoms with Gasteiger partial charge in [-0.3, -0.25) is 14.9 Å². The van der Waals surface area contributed by atoms with E-state index in [0.29, 0.717) is 16.6 Å². The third-order valence-corrected chi connectivity index (χ3v) is 4.62. The van der Waals surface area contributed by atoms with Crippen molar-refractivity contribution in [3.8, 4) is 0 Å². The van der Waals surface area contributed by atoms with Crippen LogP contribution in [-0.2, 0) is 4.79 Å². The average Bonchev–Trinajstić information content (AvgIpc) is 3.27. The number of aryl methyl sites for hydroxylation is 1. The molecule has 3 rings (SSSR count). The van der Waals surface area contributed by atoms with Gasteiger partial charge in [0.2, 0.25) is 11.0 Å². The predicted octanol–water partition coefficient (Wildman–Crippen LogP) is 2.48. The summed E-state index contributed by atoms with van der Waals surface area (Å²) >= 11 is 1.40. The second kappa shape index (κ2) is 6.45. The summed E-state index contributed by atoms with van der Waals surface area (Å²) in [5.41, 5.74) is 1.54. The summed E-state index contributed by atoms with van der Waals surface area (Å²) in [5, 5.41) is 14.9. The van der Waals surface area contributed by atoms with Crippen molar-refractivity contribution in [3.63, 3.8) is 0 Å². The second-order valence-corrected chi connectivity index (χ2v) is 6.78. The van der Waals surface area contributed by atoms with E-state index in [9.17, 15) is 9.59 Å². The number of anilines is 1. The molecule has 1 aliphatic carbocycles. The molecular formula is C16H18N4O2S. The van der Waals surface area contributed by atoms with Crippen LogP contribution in [-0.4, -0.2) is 28.1 Å². The Kier molecular flexibility index (Phi) is 4.38. The minimum Gasteiger partial charge on any atom is -0.341 e. The van der Waals surface area contributed by atoms with Gasteiger partial charge >= 0.3 is 0 Å². The molecule has 1 unspecified atom stereocenters. The van der Waals surface area contributed by atoms with Gasteiger partial charge in [-0.2, -0.15) is 0 Å². The maximum absolute atomic E-state index is 12.2. The number of aromatic nitrogens is 2. The van der Waals surface area contributed by atoms with Gasteiger partial charge < -0.3 is 5.32 Å². The summed E-state index contributed by atoms with van der Waals surface area (Å²) in [7, 11) is 0. The number of nitrogens with zero attached hydrogens (tertiary/aromatic N) is 2. The lowest BCUT2D eigenvalue weighted by atomic mass is 10.1. The Morgan fingerprint density at radius 3 is 2.78 bits per heavy atom. The third-order valence-electron chi connectivity index (χ3n) is 3.62. The zero-order chi connectivity index (χ0) is 16.4. The molecule has 120 valence electrons. The molecular weight excluding hydrogens is 312 g/mol. The van der Waals surface area contributed by atoms with Gasteiger partial charge in [0.1, 0.15) is 11.0 Å².